The molecule has 0 fully saturated rings. The summed E-state index contributed by atoms with van der Waals surface area (Å²) in [6, 6.07) is 1.98. The number of hydrogen-bond acceptors (Lipinski definition) is 1. The summed E-state index contributed by atoms with van der Waals surface area (Å²) in [7, 11) is 0. The lowest BCUT2D eigenvalue weighted by atomic mass is 10.1. The summed E-state index contributed by atoms with van der Waals surface area (Å²) >= 11 is 0. The molecule has 1 nitrogen and oxygen atoms in total. The van der Waals surface area contributed by atoms with Gasteiger partial charge in [-0.2, -0.15) is 0 Å². The fraction of sp³-hybridized carbons (Fsp3) is 0.625. The number of hydrogen-bond donors (Lipinski definition) is 1. The minimum absolute atomic E-state index is 0.296. The molecule has 0 spiro atoms. The Hall–Kier alpha value is -1.19. The number of rotatable bonds is 10. The van der Waals surface area contributed by atoms with Gasteiger partial charge < -0.3 is 5.32 Å². The molecule has 0 radical (unpaired) electrons. The van der Waals surface area contributed by atoms with E-state index in [2.05, 4.69) is 12.2 Å². The SMILES string of the molecule is CCCCCCCCCCNc1cc(F)c(F)c(F)c1. The van der Waals surface area contributed by atoms with E-state index in [-0.39, 0.29) is 0 Å². The average molecular weight is 287 g/mol. The largest absolute Gasteiger partial charge is 0.385 e. The van der Waals surface area contributed by atoms with Gasteiger partial charge in [0.15, 0.2) is 17.5 Å². The van der Waals surface area contributed by atoms with Gasteiger partial charge in [0.25, 0.3) is 0 Å². The third-order valence-corrected chi connectivity index (χ3v) is 3.34. The summed E-state index contributed by atoms with van der Waals surface area (Å²) in [5, 5.41) is 2.92. The highest BCUT2D eigenvalue weighted by atomic mass is 19.2. The molecule has 1 rings (SSSR count). The molecule has 1 N–H and O–H groups in total. The van der Waals surface area contributed by atoms with Gasteiger partial charge in [0, 0.05) is 24.4 Å². The zero-order chi connectivity index (χ0) is 14.8. The van der Waals surface area contributed by atoms with Crippen molar-refractivity contribution in [2.45, 2.75) is 58.3 Å². The van der Waals surface area contributed by atoms with Crippen LogP contribution in [0.2, 0.25) is 0 Å². The lowest BCUT2D eigenvalue weighted by Gasteiger charge is -2.07. The van der Waals surface area contributed by atoms with E-state index in [1.54, 1.807) is 0 Å². The van der Waals surface area contributed by atoms with Crippen LogP contribution in [0.15, 0.2) is 12.1 Å². The van der Waals surface area contributed by atoms with Crippen LogP contribution >= 0.6 is 0 Å². The first kappa shape index (κ1) is 16.9. The number of benzene rings is 1. The van der Waals surface area contributed by atoms with Crippen molar-refractivity contribution in [2.75, 3.05) is 11.9 Å². The topological polar surface area (TPSA) is 12.0 Å². The van der Waals surface area contributed by atoms with E-state index in [0.717, 1.165) is 25.0 Å². The standard InChI is InChI=1S/C16H24F3N/c1-2-3-4-5-6-7-8-9-10-20-13-11-14(17)16(19)15(18)12-13/h11-12,20H,2-10H2,1H3. The summed E-state index contributed by atoms with van der Waals surface area (Å²) in [6.45, 7) is 2.85. The molecule has 1 aromatic rings. The van der Waals surface area contributed by atoms with Crippen LogP contribution in [0.25, 0.3) is 0 Å². The van der Waals surface area contributed by atoms with Crippen LogP contribution in [0.1, 0.15) is 58.3 Å². The Labute approximate surface area is 119 Å². The quantitative estimate of drug-likeness (QED) is 0.432. The highest BCUT2D eigenvalue weighted by Crippen LogP contribution is 2.17. The first-order valence-corrected chi connectivity index (χ1v) is 7.53. The highest BCUT2D eigenvalue weighted by Gasteiger charge is 2.09. The van der Waals surface area contributed by atoms with Crippen LogP contribution in [-0.2, 0) is 0 Å². The van der Waals surface area contributed by atoms with Gasteiger partial charge in [-0.1, -0.05) is 51.9 Å². The predicted octanol–water partition coefficient (Wildman–Crippen LogP) is 5.66. The zero-order valence-electron chi connectivity index (χ0n) is 12.2. The second kappa shape index (κ2) is 9.67. The smallest absolute Gasteiger partial charge is 0.194 e. The van der Waals surface area contributed by atoms with E-state index in [9.17, 15) is 13.2 Å². The predicted molar refractivity (Wildman–Crippen MR) is 77.4 cm³/mol. The molecular formula is C16H24F3N. The van der Waals surface area contributed by atoms with Gasteiger partial charge in [0.1, 0.15) is 0 Å². The molecule has 0 aliphatic heterocycles. The Morgan fingerprint density at radius 2 is 1.30 bits per heavy atom. The molecule has 0 bridgehead atoms. The van der Waals surface area contributed by atoms with Gasteiger partial charge in [-0.25, -0.2) is 13.2 Å². The molecule has 0 aliphatic carbocycles. The minimum Gasteiger partial charge on any atom is -0.385 e. The molecule has 114 valence electrons. The summed E-state index contributed by atoms with van der Waals surface area (Å²) in [4.78, 5) is 0. The fourth-order valence-electron chi connectivity index (χ4n) is 2.15. The first-order valence-electron chi connectivity index (χ1n) is 7.53. The lowest BCUT2D eigenvalue weighted by molar-refractivity contribution is 0.447. The molecule has 0 amide bonds. The average Bonchev–Trinajstić information content (AvgIpc) is 2.43. The van der Waals surface area contributed by atoms with E-state index in [1.807, 2.05) is 0 Å². The Balaban J connectivity index is 2.10. The first-order chi connectivity index (χ1) is 9.65. The van der Waals surface area contributed by atoms with Crippen molar-refractivity contribution >= 4 is 5.69 Å². The van der Waals surface area contributed by atoms with Gasteiger partial charge in [-0.05, 0) is 6.42 Å². The van der Waals surface area contributed by atoms with Crippen molar-refractivity contribution < 1.29 is 13.2 Å². The van der Waals surface area contributed by atoms with Crippen molar-refractivity contribution in [3.05, 3.63) is 29.6 Å². The van der Waals surface area contributed by atoms with Gasteiger partial charge in [0.2, 0.25) is 0 Å². The second-order valence-corrected chi connectivity index (χ2v) is 5.16. The molecule has 0 aromatic heterocycles. The molecule has 4 heteroatoms. The summed E-state index contributed by atoms with van der Waals surface area (Å²) in [6.07, 6.45) is 9.66. The van der Waals surface area contributed by atoms with Crippen LogP contribution in [-0.4, -0.2) is 6.54 Å². The maximum atomic E-state index is 13.0. The molecule has 0 atom stereocenters. The van der Waals surface area contributed by atoms with Crippen molar-refractivity contribution in [2.24, 2.45) is 0 Å². The molecule has 0 saturated carbocycles. The van der Waals surface area contributed by atoms with Gasteiger partial charge in [0.05, 0.1) is 0 Å². The zero-order valence-corrected chi connectivity index (χ0v) is 12.2. The van der Waals surface area contributed by atoms with Gasteiger partial charge >= 0.3 is 0 Å². The van der Waals surface area contributed by atoms with Gasteiger partial charge in [-0.3, -0.25) is 0 Å². The molecule has 1 aromatic carbocycles. The van der Waals surface area contributed by atoms with E-state index in [0.29, 0.717) is 12.2 Å². The third-order valence-electron chi connectivity index (χ3n) is 3.34. The Bertz CT molecular complexity index is 370. The normalized spacial score (nSPS) is 10.8. The van der Waals surface area contributed by atoms with Crippen molar-refractivity contribution in [3.8, 4) is 0 Å². The Kier molecular flexibility index (Phi) is 8.16. The molecule has 0 aliphatic rings. The Morgan fingerprint density at radius 3 is 1.85 bits per heavy atom. The third kappa shape index (κ3) is 6.31. The second-order valence-electron chi connectivity index (χ2n) is 5.16. The maximum absolute atomic E-state index is 13.0. The van der Waals surface area contributed by atoms with Crippen LogP contribution < -0.4 is 5.32 Å². The van der Waals surface area contributed by atoms with Crippen LogP contribution in [0.5, 0.6) is 0 Å². The van der Waals surface area contributed by atoms with Crippen LogP contribution in [0, 0.1) is 17.5 Å². The van der Waals surface area contributed by atoms with Crippen molar-refractivity contribution in [1.82, 2.24) is 0 Å². The van der Waals surface area contributed by atoms with Crippen molar-refractivity contribution in [3.63, 3.8) is 0 Å². The number of nitrogens with one attached hydrogen (secondary N) is 1. The van der Waals surface area contributed by atoms with Crippen LogP contribution in [0.4, 0.5) is 18.9 Å². The van der Waals surface area contributed by atoms with E-state index in [4.69, 9.17) is 0 Å². The maximum Gasteiger partial charge on any atom is 0.194 e. The van der Waals surface area contributed by atoms with E-state index >= 15 is 0 Å². The summed E-state index contributed by atoms with van der Waals surface area (Å²) < 4.78 is 38.7. The highest BCUT2D eigenvalue weighted by molar-refractivity contribution is 5.43. The molecule has 0 heterocycles. The number of anilines is 1. The fourth-order valence-corrected chi connectivity index (χ4v) is 2.15. The number of halogens is 3. The lowest BCUT2D eigenvalue weighted by Crippen LogP contribution is -2.03. The molecular weight excluding hydrogens is 263 g/mol. The molecule has 0 unspecified atom stereocenters. The van der Waals surface area contributed by atoms with Crippen LogP contribution in [0.3, 0.4) is 0 Å². The number of unbranched alkanes of at least 4 members (excludes halogenated alkanes) is 7. The Morgan fingerprint density at radius 1 is 0.800 bits per heavy atom. The molecule has 0 saturated heterocycles. The van der Waals surface area contributed by atoms with E-state index in [1.165, 1.54) is 38.5 Å². The summed E-state index contributed by atoms with van der Waals surface area (Å²) in [5.74, 6) is -3.71. The van der Waals surface area contributed by atoms with Crippen molar-refractivity contribution in [1.29, 1.82) is 0 Å². The van der Waals surface area contributed by atoms with Gasteiger partial charge in [-0.15, -0.1) is 0 Å². The van der Waals surface area contributed by atoms with E-state index < -0.39 is 17.5 Å². The molecule has 20 heavy (non-hydrogen) atoms. The minimum atomic E-state index is -1.41. The monoisotopic (exact) mass is 287 g/mol. The summed E-state index contributed by atoms with van der Waals surface area (Å²) in [5.41, 5.74) is 0.296.